The van der Waals surface area contributed by atoms with E-state index in [1.807, 2.05) is 32.9 Å². The molecule has 2 amide bonds. The predicted octanol–water partition coefficient (Wildman–Crippen LogP) is 7.56. The van der Waals surface area contributed by atoms with Crippen molar-refractivity contribution in [3.63, 3.8) is 0 Å². The largest absolute Gasteiger partial charge is 0.456 e. The number of aromatic nitrogens is 1. The number of hydrogen-bond donors (Lipinski definition) is 2. The van der Waals surface area contributed by atoms with Crippen molar-refractivity contribution in [2.24, 2.45) is 0 Å². The number of hydrogen-bond acceptors (Lipinski definition) is 6. The van der Waals surface area contributed by atoms with E-state index in [0.29, 0.717) is 22.3 Å². The highest BCUT2D eigenvalue weighted by molar-refractivity contribution is 7.17. The number of anilines is 1. The summed E-state index contributed by atoms with van der Waals surface area (Å²) in [6.07, 6.45) is 10.0. The molecule has 0 unspecified atom stereocenters. The summed E-state index contributed by atoms with van der Waals surface area (Å²) >= 11 is 9.48. The van der Waals surface area contributed by atoms with Crippen LogP contribution in [0.2, 0.25) is 5.15 Å². The molecule has 2 aliphatic carbocycles. The molecule has 0 aromatic carbocycles. The summed E-state index contributed by atoms with van der Waals surface area (Å²) in [5, 5.41) is 7.08. The number of pyridine rings is 1. The molecule has 0 radical (unpaired) electrons. The zero-order chi connectivity index (χ0) is 26.2. The summed E-state index contributed by atoms with van der Waals surface area (Å²) in [6.45, 7) is 5.98. The summed E-state index contributed by atoms with van der Waals surface area (Å²) in [5.41, 5.74) is 4.46. The van der Waals surface area contributed by atoms with Gasteiger partial charge in [0, 0.05) is 27.4 Å². The summed E-state index contributed by atoms with van der Waals surface area (Å²) < 4.78 is 5.71. The monoisotopic (exact) mass is 557 g/mol. The van der Waals surface area contributed by atoms with Gasteiger partial charge in [0.25, 0.3) is 0 Å². The fourth-order valence-electron chi connectivity index (χ4n) is 5.11. The average molecular weight is 558 g/mol. The second-order valence-corrected chi connectivity index (χ2v) is 13.2. The molecule has 3 aromatic rings. The summed E-state index contributed by atoms with van der Waals surface area (Å²) in [5.74, 6) is -0.369. The Kier molecular flexibility index (Phi) is 7.61. The summed E-state index contributed by atoms with van der Waals surface area (Å²) in [4.78, 5) is 34.1. The van der Waals surface area contributed by atoms with Gasteiger partial charge in [-0.1, -0.05) is 11.6 Å². The SMILES string of the molecule is CC(C)(C)OC(=O)c1c(NC(=O)NCc2c(-c3ccnc(Cl)c3)sc3c2CCCC3)sc2c1CCCC2. The van der Waals surface area contributed by atoms with E-state index in [9.17, 15) is 9.59 Å². The number of nitrogens with one attached hydrogen (secondary N) is 2. The molecule has 3 heterocycles. The summed E-state index contributed by atoms with van der Waals surface area (Å²) in [6, 6.07) is 3.53. The van der Waals surface area contributed by atoms with Crippen molar-refractivity contribution in [2.45, 2.75) is 84.3 Å². The zero-order valence-corrected chi connectivity index (χ0v) is 23.9. The lowest BCUT2D eigenvalue weighted by atomic mass is 9.94. The Morgan fingerprint density at radius 1 is 1.03 bits per heavy atom. The minimum absolute atomic E-state index is 0.321. The van der Waals surface area contributed by atoms with Crippen LogP contribution in [0, 0.1) is 0 Å². The first-order valence-electron chi connectivity index (χ1n) is 12.9. The molecule has 0 fully saturated rings. The molecule has 0 atom stereocenters. The van der Waals surface area contributed by atoms with E-state index in [1.165, 1.54) is 33.1 Å². The molecule has 0 spiro atoms. The highest BCUT2D eigenvalue weighted by Gasteiger charge is 2.30. The Hall–Kier alpha value is -2.42. The van der Waals surface area contributed by atoms with Crippen LogP contribution in [0.1, 0.15) is 83.3 Å². The normalized spacial score (nSPS) is 15.0. The molecule has 0 saturated heterocycles. The fraction of sp³-hybridized carbons (Fsp3) is 0.464. The Morgan fingerprint density at radius 3 is 2.41 bits per heavy atom. The van der Waals surface area contributed by atoms with E-state index >= 15 is 0 Å². The highest BCUT2D eigenvalue weighted by Crippen LogP contribution is 2.41. The number of nitrogens with zero attached hydrogens (tertiary/aromatic N) is 1. The molecule has 5 rings (SSSR count). The standard InChI is InChI=1S/C28H32ClN3O3S2/c1-28(2,3)35-26(33)23-18-9-5-7-11-21(18)37-25(23)32-27(34)31-15-19-17-8-4-6-10-20(17)36-24(19)16-12-13-30-22(29)14-16/h12-14H,4-11,15H2,1-3H3,(H2,31,32,34). The topological polar surface area (TPSA) is 80.3 Å². The number of thiophene rings is 2. The van der Waals surface area contributed by atoms with Crippen LogP contribution in [0.5, 0.6) is 0 Å². The summed E-state index contributed by atoms with van der Waals surface area (Å²) in [7, 11) is 0. The first kappa shape index (κ1) is 26.2. The lowest BCUT2D eigenvalue weighted by Gasteiger charge is -2.21. The van der Waals surface area contributed by atoms with Crippen molar-refractivity contribution in [3.05, 3.63) is 55.5 Å². The number of carbonyl (C=O) groups is 2. The van der Waals surface area contributed by atoms with Gasteiger partial charge < -0.3 is 10.1 Å². The van der Waals surface area contributed by atoms with E-state index in [4.69, 9.17) is 16.3 Å². The van der Waals surface area contributed by atoms with Crippen molar-refractivity contribution < 1.29 is 14.3 Å². The van der Waals surface area contributed by atoms with E-state index in [1.54, 1.807) is 17.5 Å². The maximum atomic E-state index is 13.2. The average Bonchev–Trinajstić information content (AvgIpc) is 3.39. The second-order valence-electron chi connectivity index (χ2n) is 10.6. The van der Waals surface area contributed by atoms with E-state index < -0.39 is 5.60 Å². The van der Waals surface area contributed by atoms with Gasteiger partial charge in [-0.05, 0) is 107 Å². The van der Waals surface area contributed by atoms with Crippen molar-refractivity contribution in [1.82, 2.24) is 10.3 Å². The van der Waals surface area contributed by atoms with Crippen molar-refractivity contribution in [2.75, 3.05) is 5.32 Å². The third kappa shape index (κ3) is 5.86. The van der Waals surface area contributed by atoms with Crippen LogP contribution in [0.15, 0.2) is 18.3 Å². The Balaban J connectivity index is 1.38. The van der Waals surface area contributed by atoms with Gasteiger partial charge in [-0.2, -0.15) is 0 Å². The quantitative estimate of drug-likeness (QED) is 0.250. The van der Waals surface area contributed by atoms with Gasteiger partial charge in [0.15, 0.2) is 0 Å². The molecule has 0 aliphatic heterocycles. The van der Waals surface area contributed by atoms with Crippen LogP contribution < -0.4 is 10.6 Å². The number of urea groups is 1. The number of rotatable bonds is 5. The minimum Gasteiger partial charge on any atom is -0.456 e. The van der Waals surface area contributed by atoms with Crippen LogP contribution in [-0.2, 0) is 37.0 Å². The lowest BCUT2D eigenvalue weighted by Crippen LogP contribution is -2.30. The van der Waals surface area contributed by atoms with Gasteiger partial charge in [-0.15, -0.1) is 22.7 Å². The number of carbonyl (C=O) groups excluding carboxylic acids is 2. The molecule has 2 aliphatic rings. The Labute approximate surface area is 230 Å². The fourth-order valence-corrected chi connectivity index (χ4v) is 7.96. The number of aryl methyl sites for hydroxylation is 2. The van der Waals surface area contributed by atoms with Gasteiger partial charge in [-0.25, -0.2) is 14.6 Å². The first-order chi connectivity index (χ1) is 17.7. The third-order valence-electron chi connectivity index (χ3n) is 6.70. The first-order valence-corrected chi connectivity index (χ1v) is 14.9. The van der Waals surface area contributed by atoms with Gasteiger partial charge >= 0.3 is 12.0 Å². The van der Waals surface area contributed by atoms with Gasteiger partial charge in [0.2, 0.25) is 0 Å². The third-order valence-corrected chi connectivity index (χ3v) is 9.49. The van der Waals surface area contributed by atoms with Crippen LogP contribution in [-0.4, -0.2) is 22.6 Å². The number of esters is 1. The highest BCUT2D eigenvalue weighted by atomic mass is 35.5. The lowest BCUT2D eigenvalue weighted by molar-refractivity contribution is 0.00699. The molecule has 6 nitrogen and oxygen atoms in total. The van der Waals surface area contributed by atoms with Crippen LogP contribution in [0.25, 0.3) is 10.4 Å². The van der Waals surface area contributed by atoms with Crippen LogP contribution in [0.4, 0.5) is 9.80 Å². The van der Waals surface area contributed by atoms with Crippen LogP contribution >= 0.6 is 34.3 Å². The van der Waals surface area contributed by atoms with E-state index in [0.717, 1.165) is 66.5 Å². The van der Waals surface area contributed by atoms with Crippen LogP contribution in [0.3, 0.4) is 0 Å². The Morgan fingerprint density at radius 2 is 1.70 bits per heavy atom. The zero-order valence-electron chi connectivity index (χ0n) is 21.5. The Bertz CT molecular complexity index is 1340. The number of fused-ring (bicyclic) bond motifs is 2. The molecular weight excluding hydrogens is 526 g/mol. The molecule has 3 aromatic heterocycles. The van der Waals surface area contributed by atoms with E-state index in [-0.39, 0.29) is 12.0 Å². The smallest absolute Gasteiger partial charge is 0.341 e. The molecule has 9 heteroatoms. The maximum absolute atomic E-state index is 13.2. The number of amides is 2. The maximum Gasteiger partial charge on any atom is 0.341 e. The van der Waals surface area contributed by atoms with Crippen molar-refractivity contribution in [1.29, 1.82) is 0 Å². The number of ether oxygens (including phenoxy) is 1. The molecule has 2 N–H and O–H groups in total. The predicted molar refractivity (Wildman–Crippen MR) is 151 cm³/mol. The van der Waals surface area contributed by atoms with Gasteiger partial charge in [-0.3, -0.25) is 5.32 Å². The minimum atomic E-state index is -0.607. The molecule has 37 heavy (non-hydrogen) atoms. The second kappa shape index (κ2) is 10.8. The molecule has 0 saturated carbocycles. The number of halogens is 1. The molecular formula is C28H32ClN3O3S2. The molecule has 196 valence electrons. The van der Waals surface area contributed by atoms with E-state index in [2.05, 4.69) is 15.6 Å². The molecule has 0 bridgehead atoms. The van der Waals surface area contributed by atoms with Gasteiger partial charge in [0.05, 0.1) is 5.56 Å². The van der Waals surface area contributed by atoms with Crippen molar-refractivity contribution >= 4 is 51.3 Å². The van der Waals surface area contributed by atoms with Gasteiger partial charge in [0.1, 0.15) is 15.8 Å². The van der Waals surface area contributed by atoms with Crippen molar-refractivity contribution in [3.8, 4) is 10.4 Å².